The normalized spacial score (nSPS) is 32.3. The number of nitrogens with two attached hydrogens (primary N) is 1. The summed E-state index contributed by atoms with van der Waals surface area (Å²) in [5.41, 5.74) is 5.70. The average Bonchev–Trinajstić information content (AvgIpc) is 2.79. The second-order valence-electron chi connectivity index (χ2n) is 4.77. The summed E-state index contributed by atoms with van der Waals surface area (Å²) >= 11 is 0. The Labute approximate surface area is 89.1 Å². The first kappa shape index (κ1) is 10.6. The van der Waals surface area contributed by atoms with Gasteiger partial charge in [0.05, 0.1) is 6.61 Å². The molecule has 0 heterocycles. The van der Waals surface area contributed by atoms with Crippen LogP contribution in [0.2, 0.25) is 0 Å². The first-order valence-corrected chi connectivity index (χ1v) is 5.33. The van der Waals surface area contributed by atoms with Gasteiger partial charge >= 0.3 is 5.97 Å². The maximum absolute atomic E-state index is 11.6. The van der Waals surface area contributed by atoms with Crippen LogP contribution in [0.4, 0.5) is 0 Å². The third-order valence-corrected chi connectivity index (χ3v) is 3.26. The van der Waals surface area contributed by atoms with E-state index in [-0.39, 0.29) is 12.7 Å². The van der Waals surface area contributed by atoms with Crippen molar-refractivity contribution in [2.75, 3.05) is 6.61 Å². The van der Waals surface area contributed by atoms with Gasteiger partial charge in [0.15, 0.2) is 0 Å². The SMILES string of the molecule is C[C@](N)(CO)C(=O)OC1C=C2CCC1C2. The minimum absolute atomic E-state index is 0.115. The number of aliphatic hydroxyl groups is 1. The van der Waals surface area contributed by atoms with E-state index < -0.39 is 11.5 Å². The lowest BCUT2D eigenvalue weighted by molar-refractivity contribution is -0.156. The van der Waals surface area contributed by atoms with Crippen molar-refractivity contribution < 1.29 is 14.6 Å². The number of hydrogen-bond donors (Lipinski definition) is 2. The summed E-state index contributed by atoms with van der Waals surface area (Å²) in [5.74, 6) is -0.0714. The Kier molecular flexibility index (Phi) is 2.56. The van der Waals surface area contributed by atoms with Crippen LogP contribution in [0.3, 0.4) is 0 Å². The van der Waals surface area contributed by atoms with Crippen molar-refractivity contribution in [2.24, 2.45) is 11.7 Å². The lowest BCUT2D eigenvalue weighted by atomic mass is 10.0. The fraction of sp³-hybridized carbons (Fsp3) is 0.727. The zero-order valence-corrected chi connectivity index (χ0v) is 8.90. The van der Waals surface area contributed by atoms with Crippen molar-refractivity contribution >= 4 is 5.97 Å². The molecule has 3 atom stereocenters. The Bertz CT molecular complexity index is 309. The Morgan fingerprint density at radius 3 is 3.00 bits per heavy atom. The summed E-state index contributed by atoms with van der Waals surface area (Å²) in [6.45, 7) is 1.09. The largest absolute Gasteiger partial charge is 0.456 e. The number of ether oxygens (including phenoxy) is 1. The standard InChI is InChI=1S/C11H17NO3/c1-11(12,6-13)10(14)15-9-5-7-2-3-8(9)4-7/h5,8-9,13H,2-4,6,12H2,1H3/t8?,9?,11-/m0/s1. The molecule has 0 aromatic carbocycles. The Hall–Kier alpha value is -0.870. The summed E-state index contributed by atoms with van der Waals surface area (Å²) in [7, 11) is 0. The number of aliphatic hydroxyl groups excluding tert-OH is 1. The summed E-state index contributed by atoms with van der Waals surface area (Å²) in [6, 6.07) is 0. The topological polar surface area (TPSA) is 72.5 Å². The van der Waals surface area contributed by atoms with Crippen LogP contribution in [-0.4, -0.2) is 29.3 Å². The highest BCUT2D eigenvalue weighted by Crippen LogP contribution is 2.41. The van der Waals surface area contributed by atoms with Crippen LogP contribution >= 0.6 is 0 Å². The van der Waals surface area contributed by atoms with E-state index >= 15 is 0 Å². The quantitative estimate of drug-likeness (QED) is 0.522. The van der Waals surface area contributed by atoms with Crippen LogP contribution in [0, 0.1) is 5.92 Å². The van der Waals surface area contributed by atoms with E-state index in [0.29, 0.717) is 5.92 Å². The number of allylic oxidation sites excluding steroid dienone is 1. The summed E-state index contributed by atoms with van der Waals surface area (Å²) < 4.78 is 5.30. The van der Waals surface area contributed by atoms with Gasteiger partial charge in [-0.2, -0.15) is 0 Å². The molecule has 2 aliphatic rings. The second-order valence-corrected chi connectivity index (χ2v) is 4.77. The van der Waals surface area contributed by atoms with Gasteiger partial charge in [-0.05, 0) is 32.3 Å². The first-order chi connectivity index (χ1) is 7.03. The molecule has 1 fully saturated rings. The molecule has 2 rings (SSSR count). The van der Waals surface area contributed by atoms with Crippen molar-refractivity contribution in [1.29, 1.82) is 0 Å². The van der Waals surface area contributed by atoms with E-state index in [1.807, 2.05) is 6.08 Å². The highest BCUT2D eigenvalue weighted by atomic mass is 16.5. The molecule has 2 bridgehead atoms. The second kappa shape index (κ2) is 3.61. The number of carbonyl (C=O) groups excluding carboxylic acids is 1. The fourth-order valence-electron chi connectivity index (χ4n) is 2.16. The van der Waals surface area contributed by atoms with Crippen LogP contribution in [0.15, 0.2) is 11.6 Å². The van der Waals surface area contributed by atoms with Gasteiger partial charge in [0.2, 0.25) is 0 Å². The van der Waals surface area contributed by atoms with Crippen molar-refractivity contribution in [2.45, 2.75) is 37.8 Å². The van der Waals surface area contributed by atoms with Gasteiger partial charge in [-0.15, -0.1) is 0 Å². The van der Waals surface area contributed by atoms with Crippen molar-refractivity contribution in [3.05, 3.63) is 11.6 Å². The first-order valence-electron chi connectivity index (χ1n) is 5.33. The average molecular weight is 211 g/mol. The predicted molar refractivity (Wildman–Crippen MR) is 55.0 cm³/mol. The molecule has 84 valence electrons. The molecule has 0 amide bonds. The van der Waals surface area contributed by atoms with Gasteiger partial charge in [-0.1, -0.05) is 5.57 Å². The molecule has 1 saturated carbocycles. The van der Waals surface area contributed by atoms with Gasteiger partial charge in [0, 0.05) is 5.92 Å². The molecule has 0 spiro atoms. The number of hydrogen-bond acceptors (Lipinski definition) is 4. The lowest BCUT2D eigenvalue weighted by Gasteiger charge is -2.25. The molecular formula is C11H17NO3. The molecule has 2 unspecified atom stereocenters. The molecular weight excluding hydrogens is 194 g/mol. The minimum atomic E-state index is -1.28. The maximum Gasteiger partial charge on any atom is 0.328 e. The molecule has 3 N–H and O–H groups in total. The van der Waals surface area contributed by atoms with Gasteiger partial charge in [-0.25, -0.2) is 4.79 Å². The molecule has 4 nitrogen and oxygen atoms in total. The monoisotopic (exact) mass is 211 g/mol. The maximum atomic E-state index is 11.6. The molecule has 0 saturated heterocycles. The van der Waals surface area contributed by atoms with Crippen molar-refractivity contribution in [3.8, 4) is 0 Å². The summed E-state index contributed by atoms with van der Waals surface area (Å²) in [5, 5.41) is 8.93. The van der Waals surface area contributed by atoms with Crippen LogP contribution in [0.5, 0.6) is 0 Å². The molecule has 0 aromatic rings. The predicted octanol–water partition coefficient (Wildman–Crippen LogP) is 0.348. The number of rotatable bonds is 3. The van der Waals surface area contributed by atoms with E-state index in [1.165, 1.54) is 12.5 Å². The zero-order valence-electron chi connectivity index (χ0n) is 8.90. The summed E-state index contributed by atoms with van der Waals surface area (Å²) in [4.78, 5) is 11.6. The highest BCUT2D eigenvalue weighted by molar-refractivity contribution is 5.80. The fourth-order valence-corrected chi connectivity index (χ4v) is 2.16. The summed E-state index contributed by atoms with van der Waals surface area (Å²) in [6.07, 6.45) is 5.21. The molecule has 0 radical (unpaired) electrons. The highest BCUT2D eigenvalue weighted by Gasteiger charge is 2.38. The van der Waals surface area contributed by atoms with Crippen LogP contribution in [-0.2, 0) is 9.53 Å². The van der Waals surface area contributed by atoms with Gasteiger partial charge in [0.1, 0.15) is 11.6 Å². The molecule has 15 heavy (non-hydrogen) atoms. The van der Waals surface area contributed by atoms with E-state index in [1.54, 1.807) is 0 Å². The third-order valence-electron chi connectivity index (χ3n) is 3.26. The van der Waals surface area contributed by atoms with E-state index in [4.69, 9.17) is 15.6 Å². The van der Waals surface area contributed by atoms with Crippen LogP contribution < -0.4 is 5.73 Å². The van der Waals surface area contributed by atoms with Crippen molar-refractivity contribution in [1.82, 2.24) is 0 Å². The molecule has 4 heteroatoms. The molecule has 0 aliphatic heterocycles. The Morgan fingerprint density at radius 2 is 2.53 bits per heavy atom. The lowest BCUT2D eigenvalue weighted by Crippen LogP contribution is -2.50. The van der Waals surface area contributed by atoms with E-state index in [0.717, 1.165) is 19.3 Å². The zero-order chi connectivity index (χ0) is 11.1. The van der Waals surface area contributed by atoms with Gasteiger partial charge in [0.25, 0.3) is 0 Å². The number of esters is 1. The number of carbonyl (C=O) groups is 1. The van der Waals surface area contributed by atoms with E-state index in [9.17, 15) is 4.79 Å². The van der Waals surface area contributed by atoms with Crippen molar-refractivity contribution in [3.63, 3.8) is 0 Å². The van der Waals surface area contributed by atoms with E-state index in [2.05, 4.69) is 0 Å². The van der Waals surface area contributed by atoms with Gasteiger partial charge in [-0.3, -0.25) is 0 Å². The minimum Gasteiger partial charge on any atom is -0.456 e. The van der Waals surface area contributed by atoms with Crippen LogP contribution in [0.1, 0.15) is 26.2 Å². The third kappa shape index (κ3) is 1.92. The Balaban J connectivity index is 1.96. The van der Waals surface area contributed by atoms with Crippen LogP contribution in [0.25, 0.3) is 0 Å². The Morgan fingerprint density at radius 1 is 1.80 bits per heavy atom. The molecule has 0 aromatic heterocycles. The molecule has 2 aliphatic carbocycles. The smallest absolute Gasteiger partial charge is 0.328 e. The van der Waals surface area contributed by atoms with Gasteiger partial charge < -0.3 is 15.6 Å². The number of fused-ring (bicyclic) bond motifs is 2.